The second-order valence-corrected chi connectivity index (χ2v) is 3.06. The molecule has 0 bridgehead atoms. The van der Waals surface area contributed by atoms with Crippen LogP contribution in [0.5, 0.6) is 0 Å². The summed E-state index contributed by atoms with van der Waals surface area (Å²) in [5.74, 6) is -0.0408. The van der Waals surface area contributed by atoms with Crippen molar-refractivity contribution < 1.29 is 9.90 Å². The van der Waals surface area contributed by atoms with Crippen LogP contribution >= 0.6 is 0 Å². The van der Waals surface area contributed by atoms with E-state index >= 15 is 0 Å². The fourth-order valence-electron chi connectivity index (χ4n) is 1.06. The average molecular weight is 158 g/mol. The van der Waals surface area contributed by atoms with E-state index in [1.807, 2.05) is 0 Å². The summed E-state index contributed by atoms with van der Waals surface area (Å²) in [4.78, 5) is 10.4. The zero-order chi connectivity index (χ0) is 8.32. The van der Waals surface area contributed by atoms with Crippen molar-refractivity contribution in [2.45, 2.75) is 18.9 Å². The van der Waals surface area contributed by atoms with Crippen molar-refractivity contribution in [1.29, 1.82) is 0 Å². The van der Waals surface area contributed by atoms with Gasteiger partial charge in [0, 0.05) is 26.6 Å². The van der Waals surface area contributed by atoms with Crippen molar-refractivity contribution in [3.63, 3.8) is 0 Å². The number of carbonyl (C=O) groups excluding carboxylic acids is 1. The van der Waals surface area contributed by atoms with Gasteiger partial charge in [0.15, 0.2) is 0 Å². The minimum absolute atomic E-state index is 0.0408. The quantitative estimate of drug-likeness (QED) is 0.486. The van der Waals surface area contributed by atoms with Crippen LogP contribution < -0.4 is 10.6 Å². The molecule has 1 aliphatic rings. The second kappa shape index (κ2) is 3.19. The van der Waals surface area contributed by atoms with E-state index in [0.717, 1.165) is 0 Å². The molecule has 0 spiro atoms. The number of amides is 1. The number of rotatable bonds is 3. The average Bonchev–Trinajstić information content (AvgIpc) is 1.83. The van der Waals surface area contributed by atoms with Crippen LogP contribution in [0.4, 0.5) is 0 Å². The van der Waals surface area contributed by atoms with E-state index in [1.54, 1.807) is 0 Å². The lowest BCUT2D eigenvalue weighted by atomic mass is 9.93. The van der Waals surface area contributed by atoms with E-state index in [4.69, 9.17) is 0 Å². The first-order chi connectivity index (χ1) is 5.12. The smallest absolute Gasteiger partial charge is 0.216 e. The number of hydrogen-bond acceptors (Lipinski definition) is 3. The first-order valence-corrected chi connectivity index (χ1v) is 3.80. The third-order valence-electron chi connectivity index (χ3n) is 1.87. The Hall–Kier alpha value is -0.610. The molecule has 4 nitrogen and oxygen atoms in total. The van der Waals surface area contributed by atoms with Gasteiger partial charge in [-0.1, -0.05) is 0 Å². The molecule has 0 aromatic heterocycles. The van der Waals surface area contributed by atoms with Crippen LogP contribution in [0, 0.1) is 0 Å². The number of nitrogens with one attached hydrogen (secondary N) is 2. The van der Waals surface area contributed by atoms with Crippen molar-refractivity contribution in [1.82, 2.24) is 10.6 Å². The Kier molecular flexibility index (Phi) is 2.46. The lowest BCUT2D eigenvalue weighted by molar-refractivity contribution is -0.119. The van der Waals surface area contributed by atoms with Crippen molar-refractivity contribution >= 4 is 5.91 Å². The molecule has 1 rings (SSSR count). The van der Waals surface area contributed by atoms with Gasteiger partial charge in [-0.2, -0.15) is 0 Å². The highest BCUT2D eigenvalue weighted by atomic mass is 16.3. The molecule has 0 aromatic rings. The Balaban J connectivity index is 2.07. The van der Waals surface area contributed by atoms with Gasteiger partial charge in [0.1, 0.15) is 0 Å². The lowest BCUT2D eigenvalue weighted by Crippen LogP contribution is -2.60. The van der Waals surface area contributed by atoms with Crippen LogP contribution in [0.3, 0.4) is 0 Å². The summed E-state index contributed by atoms with van der Waals surface area (Å²) in [6, 6.07) is 0. The molecule has 0 radical (unpaired) electrons. The molecule has 0 saturated carbocycles. The fraction of sp³-hybridized carbons (Fsp3) is 0.857. The van der Waals surface area contributed by atoms with Gasteiger partial charge in [0.2, 0.25) is 5.91 Å². The molecule has 0 aromatic carbocycles. The van der Waals surface area contributed by atoms with E-state index < -0.39 is 5.60 Å². The molecule has 0 unspecified atom stereocenters. The minimum Gasteiger partial charge on any atom is -0.387 e. The molecule has 0 aliphatic carbocycles. The monoisotopic (exact) mass is 158 g/mol. The molecule has 1 amide bonds. The normalized spacial score (nSPS) is 20.5. The predicted molar refractivity (Wildman–Crippen MR) is 41.1 cm³/mol. The van der Waals surface area contributed by atoms with Gasteiger partial charge in [-0.05, 0) is 6.42 Å². The van der Waals surface area contributed by atoms with E-state index in [1.165, 1.54) is 6.92 Å². The highest BCUT2D eigenvalue weighted by Gasteiger charge is 2.33. The molecule has 3 N–H and O–H groups in total. The summed E-state index contributed by atoms with van der Waals surface area (Å²) >= 11 is 0. The van der Waals surface area contributed by atoms with Gasteiger partial charge in [-0.3, -0.25) is 4.79 Å². The highest BCUT2D eigenvalue weighted by molar-refractivity contribution is 5.72. The summed E-state index contributed by atoms with van der Waals surface area (Å²) in [7, 11) is 0. The zero-order valence-electron chi connectivity index (χ0n) is 6.68. The van der Waals surface area contributed by atoms with Crippen molar-refractivity contribution in [3.05, 3.63) is 0 Å². The van der Waals surface area contributed by atoms with Crippen LogP contribution in [0.1, 0.15) is 13.3 Å². The van der Waals surface area contributed by atoms with Crippen LogP contribution in [0.25, 0.3) is 0 Å². The van der Waals surface area contributed by atoms with Crippen molar-refractivity contribution in [2.24, 2.45) is 0 Å². The summed E-state index contributed by atoms with van der Waals surface area (Å²) in [5, 5.41) is 15.1. The fourth-order valence-corrected chi connectivity index (χ4v) is 1.06. The number of β-amino-alcohol motifs (C(OH)–C–C–N with tert-alkyl or cyclic N) is 1. The van der Waals surface area contributed by atoms with E-state index in [2.05, 4.69) is 10.6 Å². The van der Waals surface area contributed by atoms with E-state index in [0.29, 0.717) is 26.1 Å². The largest absolute Gasteiger partial charge is 0.387 e. The lowest BCUT2D eigenvalue weighted by Gasteiger charge is -2.37. The van der Waals surface area contributed by atoms with Gasteiger partial charge >= 0.3 is 0 Å². The Bertz CT molecular complexity index is 155. The molecule has 1 saturated heterocycles. The van der Waals surface area contributed by atoms with Gasteiger partial charge in [-0.25, -0.2) is 0 Å². The van der Waals surface area contributed by atoms with Gasteiger partial charge in [-0.15, -0.1) is 0 Å². The Morgan fingerprint density at radius 1 is 1.73 bits per heavy atom. The minimum atomic E-state index is -0.567. The Morgan fingerprint density at radius 3 is 2.73 bits per heavy atom. The van der Waals surface area contributed by atoms with Crippen LogP contribution in [-0.2, 0) is 4.79 Å². The van der Waals surface area contributed by atoms with Crippen LogP contribution in [0.2, 0.25) is 0 Å². The molecular formula is C7H14N2O2. The third-order valence-corrected chi connectivity index (χ3v) is 1.87. The first kappa shape index (κ1) is 8.49. The van der Waals surface area contributed by atoms with E-state index in [9.17, 15) is 9.90 Å². The first-order valence-electron chi connectivity index (χ1n) is 3.80. The molecule has 0 atom stereocenters. The molecule has 1 aliphatic heterocycles. The maximum atomic E-state index is 10.4. The zero-order valence-corrected chi connectivity index (χ0v) is 6.68. The molecule has 64 valence electrons. The van der Waals surface area contributed by atoms with Crippen LogP contribution in [0.15, 0.2) is 0 Å². The number of hydrogen-bond donors (Lipinski definition) is 3. The highest BCUT2D eigenvalue weighted by Crippen LogP contribution is 2.13. The topological polar surface area (TPSA) is 61.4 Å². The van der Waals surface area contributed by atoms with Gasteiger partial charge in [0.05, 0.1) is 5.60 Å². The maximum absolute atomic E-state index is 10.4. The Morgan fingerprint density at radius 2 is 2.36 bits per heavy atom. The van der Waals surface area contributed by atoms with E-state index in [-0.39, 0.29) is 5.91 Å². The molecular weight excluding hydrogens is 144 g/mol. The SMILES string of the molecule is CC(=O)NCCC1(O)CNC1. The standard InChI is InChI=1S/C7H14N2O2/c1-6(10)9-3-2-7(11)4-8-5-7/h8,11H,2-5H2,1H3,(H,9,10). The maximum Gasteiger partial charge on any atom is 0.216 e. The third kappa shape index (κ3) is 2.48. The number of aliphatic hydroxyl groups is 1. The summed E-state index contributed by atoms with van der Waals surface area (Å²) < 4.78 is 0. The summed E-state index contributed by atoms with van der Waals surface area (Å²) in [6.45, 7) is 3.33. The van der Waals surface area contributed by atoms with Crippen LogP contribution in [-0.4, -0.2) is 36.2 Å². The molecule has 1 fully saturated rings. The summed E-state index contributed by atoms with van der Waals surface area (Å²) in [5.41, 5.74) is -0.567. The molecule has 1 heterocycles. The van der Waals surface area contributed by atoms with Gasteiger partial charge < -0.3 is 15.7 Å². The predicted octanol–water partition coefficient (Wildman–Crippen LogP) is -1.15. The Labute approximate surface area is 66.0 Å². The number of carbonyl (C=O) groups is 1. The molecule has 11 heavy (non-hydrogen) atoms. The molecule has 4 heteroatoms. The van der Waals surface area contributed by atoms with Crippen molar-refractivity contribution in [2.75, 3.05) is 19.6 Å². The second-order valence-electron chi connectivity index (χ2n) is 3.06. The van der Waals surface area contributed by atoms with Crippen molar-refractivity contribution in [3.8, 4) is 0 Å². The van der Waals surface area contributed by atoms with Gasteiger partial charge in [0.25, 0.3) is 0 Å². The summed E-state index contributed by atoms with van der Waals surface area (Å²) in [6.07, 6.45) is 0.638.